The van der Waals surface area contributed by atoms with Crippen molar-refractivity contribution in [2.45, 2.75) is 51.5 Å². The zero-order valence-electron chi connectivity index (χ0n) is 13.4. The van der Waals surface area contributed by atoms with Crippen molar-refractivity contribution in [2.75, 3.05) is 6.54 Å². The Bertz CT molecular complexity index is 514. The molecule has 1 aromatic rings. The van der Waals surface area contributed by atoms with Gasteiger partial charge in [0.1, 0.15) is 0 Å². The van der Waals surface area contributed by atoms with Crippen LogP contribution in [0.1, 0.15) is 51.0 Å². The maximum absolute atomic E-state index is 12.4. The first kappa shape index (κ1) is 16.5. The predicted molar refractivity (Wildman–Crippen MR) is 85.6 cm³/mol. The van der Waals surface area contributed by atoms with E-state index in [0.717, 1.165) is 12.8 Å². The molecule has 2 rings (SSSR count). The van der Waals surface area contributed by atoms with Crippen molar-refractivity contribution in [1.29, 1.82) is 0 Å². The van der Waals surface area contributed by atoms with Crippen LogP contribution in [0.4, 0.5) is 0 Å². The van der Waals surface area contributed by atoms with E-state index in [-0.39, 0.29) is 11.9 Å². The van der Waals surface area contributed by atoms with Gasteiger partial charge in [-0.1, -0.05) is 37.3 Å². The maximum atomic E-state index is 12.4. The number of amides is 1. The first-order chi connectivity index (χ1) is 10.5. The molecule has 22 heavy (non-hydrogen) atoms. The number of likely N-dealkylation sites (tertiary alicyclic amines) is 1. The smallest absolute Gasteiger partial charge is 0.308 e. The number of benzene rings is 1. The van der Waals surface area contributed by atoms with Gasteiger partial charge in [0.05, 0.1) is 5.92 Å². The van der Waals surface area contributed by atoms with E-state index in [0.29, 0.717) is 25.3 Å². The van der Waals surface area contributed by atoms with Gasteiger partial charge in [0.25, 0.3) is 0 Å². The van der Waals surface area contributed by atoms with Crippen molar-refractivity contribution in [3.63, 3.8) is 0 Å². The van der Waals surface area contributed by atoms with Gasteiger partial charge in [-0.2, -0.15) is 0 Å². The van der Waals surface area contributed by atoms with E-state index >= 15 is 0 Å². The third kappa shape index (κ3) is 3.87. The number of carboxylic acid groups (broad SMARTS) is 1. The number of hydrogen-bond donors (Lipinski definition) is 1. The van der Waals surface area contributed by atoms with Crippen LogP contribution in [0.15, 0.2) is 30.3 Å². The average molecular weight is 303 g/mol. The van der Waals surface area contributed by atoms with E-state index in [1.54, 1.807) is 4.90 Å². The van der Waals surface area contributed by atoms with E-state index in [1.165, 1.54) is 5.56 Å². The molecule has 4 heteroatoms. The predicted octanol–water partition coefficient (Wildman–Crippen LogP) is 3.28. The van der Waals surface area contributed by atoms with Crippen molar-refractivity contribution in [2.24, 2.45) is 5.92 Å². The highest BCUT2D eigenvalue weighted by Crippen LogP contribution is 2.26. The molecule has 0 aromatic heterocycles. The van der Waals surface area contributed by atoms with E-state index in [9.17, 15) is 14.7 Å². The van der Waals surface area contributed by atoms with Crippen molar-refractivity contribution < 1.29 is 14.7 Å². The molecule has 0 saturated carbocycles. The highest BCUT2D eigenvalue weighted by Gasteiger charge is 2.35. The molecule has 1 N–H and O–H groups in total. The number of carbonyl (C=O) groups is 2. The van der Waals surface area contributed by atoms with E-state index in [2.05, 4.69) is 19.1 Å². The van der Waals surface area contributed by atoms with Crippen LogP contribution in [0.2, 0.25) is 0 Å². The summed E-state index contributed by atoms with van der Waals surface area (Å²) in [5, 5.41) is 9.24. The Labute approximate surface area is 132 Å². The topological polar surface area (TPSA) is 57.6 Å². The molecule has 1 saturated heterocycles. The summed E-state index contributed by atoms with van der Waals surface area (Å²) in [6.07, 6.45) is 2.72. The fourth-order valence-corrected chi connectivity index (χ4v) is 3.26. The summed E-state index contributed by atoms with van der Waals surface area (Å²) in [6.45, 7) is 4.67. The van der Waals surface area contributed by atoms with Crippen LogP contribution in [0, 0.1) is 5.92 Å². The molecule has 3 atom stereocenters. The molecule has 1 fully saturated rings. The van der Waals surface area contributed by atoms with Crippen molar-refractivity contribution in [3.8, 4) is 0 Å². The molecule has 1 heterocycles. The minimum atomic E-state index is -0.789. The van der Waals surface area contributed by atoms with Gasteiger partial charge in [-0.15, -0.1) is 0 Å². The Balaban J connectivity index is 1.90. The van der Waals surface area contributed by atoms with Crippen molar-refractivity contribution >= 4 is 11.9 Å². The third-order valence-corrected chi connectivity index (χ3v) is 4.79. The Kier molecular flexibility index (Phi) is 5.58. The maximum Gasteiger partial charge on any atom is 0.308 e. The second-order valence-electron chi connectivity index (χ2n) is 6.27. The van der Waals surface area contributed by atoms with Crippen LogP contribution < -0.4 is 0 Å². The molecular formula is C18H25NO3. The number of nitrogens with zero attached hydrogens (tertiary/aromatic N) is 1. The summed E-state index contributed by atoms with van der Waals surface area (Å²) < 4.78 is 0. The van der Waals surface area contributed by atoms with Gasteiger partial charge in [-0.05, 0) is 37.7 Å². The number of rotatable bonds is 5. The molecule has 0 bridgehead atoms. The largest absolute Gasteiger partial charge is 0.481 e. The molecule has 120 valence electrons. The van der Waals surface area contributed by atoms with Gasteiger partial charge >= 0.3 is 5.97 Å². The van der Waals surface area contributed by atoms with Gasteiger partial charge in [-0.3, -0.25) is 9.59 Å². The molecule has 4 nitrogen and oxygen atoms in total. The zero-order chi connectivity index (χ0) is 16.1. The lowest BCUT2D eigenvalue weighted by molar-refractivity contribution is -0.149. The third-order valence-electron chi connectivity index (χ3n) is 4.79. The molecule has 1 amide bonds. The van der Waals surface area contributed by atoms with E-state index in [4.69, 9.17) is 0 Å². The van der Waals surface area contributed by atoms with Gasteiger partial charge < -0.3 is 10.0 Å². The average Bonchev–Trinajstić information content (AvgIpc) is 2.53. The summed E-state index contributed by atoms with van der Waals surface area (Å²) in [5.74, 6) is -0.798. The van der Waals surface area contributed by atoms with Crippen LogP contribution in [-0.4, -0.2) is 34.5 Å². The quantitative estimate of drug-likeness (QED) is 0.908. The molecule has 1 aliphatic rings. The Hall–Kier alpha value is -1.84. The Morgan fingerprint density at radius 3 is 2.64 bits per heavy atom. The molecule has 0 aliphatic carbocycles. The van der Waals surface area contributed by atoms with Crippen LogP contribution in [0.5, 0.6) is 0 Å². The van der Waals surface area contributed by atoms with Gasteiger partial charge in [0.2, 0.25) is 5.91 Å². The molecule has 1 unspecified atom stereocenters. The molecule has 1 aliphatic heterocycles. The summed E-state index contributed by atoms with van der Waals surface area (Å²) >= 11 is 0. The van der Waals surface area contributed by atoms with E-state index in [1.807, 2.05) is 25.1 Å². The number of carboxylic acids is 1. The fourth-order valence-electron chi connectivity index (χ4n) is 3.26. The van der Waals surface area contributed by atoms with Crippen molar-refractivity contribution in [1.82, 2.24) is 4.90 Å². The van der Waals surface area contributed by atoms with Crippen LogP contribution >= 0.6 is 0 Å². The highest BCUT2D eigenvalue weighted by molar-refractivity contribution is 5.78. The molecule has 1 aromatic carbocycles. The first-order valence-electron chi connectivity index (χ1n) is 8.08. The normalized spacial score (nSPS) is 23.1. The number of hydrogen-bond acceptors (Lipinski definition) is 2. The zero-order valence-corrected chi connectivity index (χ0v) is 13.4. The minimum Gasteiger partial charge on any atom is -0.481 e. The first-order valence-corrected chi connectivity index (χ1v) is 8.08. The van der Waals surface area contributed by atoms with Crippen LogP contribution in [0.25, 0.3) is 0 Å². The summed E-state index contributed by atoms with van der Waals surface area (Å²) in [7, 11) is 0. The summed E-state index contributed by atoms with van der Waals surface area (Å²) in [5.41, 5.74) is 1.24. The van der Waals surface area contributed by atoms with Crippen LogP contribution in [0.3, 0.4) is 0 Å². The SMILES string of the molecule is CC(CCC(=O)N1CCC[C@H](C(=O)O)[C@@H]1C)c1ccccc1. The molecular weight excluding hydrogens is 278 g/mol. The molecule has 0 radical (unpaired) electrons. The standard InChI is InChI=1S/C18H25NO3/c1-13(15-7-4-3-5-8-15)10-11-17(20)19-12-6-9-16(14(19)2)18(21)22/h3-5,7-8,13-14,16H,6,9-12H2,1-2H3,(H,21,22)/t13?,14-,16-/m0/s1. The van der Waals surface area contributed by atoms with Crippen molar-refractivity contribution in [3.05, 3.63) is 35.9 Å². The number of carbonyl (C=O) groups excluding carboxylic acids is 1. The van der Waals surface area contributed by atoms with E-state index < -0.39 is 11.9 Å². The monoisotopic (exact) mass is 303 g/mol. The lowest BCUT2D eigenvalue weighted by Gasteiger charge is -2.37. The Morgan fingerprint density at radius 2 is 2.00 bits per heavy atom. The number of piperidine rings is 1. The van der Waals surface area contributed by atoms with Crippen LogP contribution in [-0.2, 0) is 9.59 Å². The molecule has 0 spiro atoms. The summed E-state index contributed by atoms with van der Waals surface area (Å²) in [6, 6.07) is 9.97. The lowest BCUT2D eigenvalue weighted by atomic mass is 9.89. The second kappa shape index (κ2) is 7.43. The Morgan fingerprint density at radius 1 is 1.32 bits per heavy atom. The minimum absolute atomic E-state index is 0.0845. The van der Waals surface area contributed by atoms with Gasteiger partial charge in [0.15, 0.2) is 0 Å². The van der Waals surface area contributed by atoms with Gasteiger partial charge in [0, 0.05) is 19.0 Å². The highest BCUT2D eigenvalue weighted by atomic mass is 16.4. The summed E-state index contributed by atoms with van der Waals surface area (Å²) in [4.78, 5) is 25.5. The van der Waals surface area contributed by atoms with Gasteiger partial charge in [-0.25, -0.2) is 0 Å². The number of aliphatic carboxylic acids is 1. The second-order valence-corrected chi connectivity index (χ2v) is 6.27. The lowest BCUT2D eigenvalue weighted by Crippen LogP contribution is -2.49. The fraction of sp³-hybridized carbons (Fsp3) is 0.556.